The van der Waals surface area contributed by atoms with Gasteiger partial charge in [-0.05, 0) is 62.3 Å². The number of carbonyl (C=O) groups excluding carboxylic acids is 1. The average Bonchev–Trinajstić information content (AvgIpc) is 3.14. The molecule has 1 aliphatic heterocycles. The van der Waals surface area contributed by atoms with E-state index < -0.39 is 23.8 Å². The van der Waals surface area contributed by atoms with Gasteiger partial charge in [0.15, 0.2) is 0 Å². The summed E-state index contributed by atoms with van der Waals surface area (Å²) in [6.07, 6.45) is 4.36. The molecule has 4 rings (SSSR count). The second kappa shape index (κ2) is 8.03. The lowest BCUT2D eigenvalue weighted by Crippen LogP contribution is -2.47. The van der Waals surface area contributed by atoms with Gasteiger partial charge in [-0.2, -0.15) is 18.3 Å². The highest BCUT2D eigenvalue weighted by Crippen LogP contribution is 2.39. The molecule has 2 heterocycles. The number of amides is 1. The van der Waals surface area contributed by atoms with Gasteiger partial charge >= 0.3 is 6.18 Å². The molecule has 1 aliphatic carbocycles. The van der Waals surface area contributed by atoms with Crippen LogP contribution in [0.5, 0.6) is 0 Å². The molecule has 0 spiro atoms. The molecule has 1 aromatic heterocycles. The average molecular weight is 434 g/mol. The first-order valence-electron chi connectivity index (χ1n) is 10.3. The van der Waals surface area contributed by atoms with Crippen LogP contribution in [0.2, 0.25) is 0 Å². The number of aliphatic hydroxyl groups is 1. The molecule has 1 atom stereocenters. The Morgan fingerprint density at radius 3 is 2.58 bits per heavy atom. The lowest BCUT2D eigenvalue weighted by molar-refractivity contribution is -0.119. The van der Waals surface area contributed by atoms with Crippen LogP contribution in [0, 0.1) is 12.8 Å². The Labute approximate surface area is 177 Å². The fourth-order valence-electron chi connectivity index (χ4n) is 4.52. The molecule has 1 unspecified atom stereocenters. The number of aromatic nitrogens is 2. The summed E-state index contributed by atoms with van der Waals surface area (Å²) in [7, 11) is 0. The molecule has 3 N–H and O–H groups in total. The van der Waals surface area contributed by atoms with E-state index >= 15 is 0 Å². The number of carbonyl (C=O) groups is 1. The Morgan fingerprint density at radius 1 is 1.26 bits per heavy atom. The van der Waals surface area contributed by atoms with Gasteiger partial charge in [-0.25, -0.2) is 0 Å². The molecule has 2 aromatic rings. The fourth-order valence-corrected chi connectivity index (χ4v) is 4.52. The van der Waals surface area contributed by atoms with Crippen molar-refractivity contribution in [3.05, 3.63) is 47.8 Å². The van der Waals surface area contributed by atoms with Crippen molar-refractivity contribution in [3.63, 3.8) is 0 Å². The molecule has 1 aromatic carbocycles. The number of nitrogens with two attached hydrogens (primary N) is 1. The molecule has 2 aliphatic rings. The number of primary amides is 1. The molecule has 166 valence electrons. The quantitative estimate of drug-likeness (QED) is 0.768. The van der Waals surface area contributed by atoms with Crippen molar-refractivity contribution in [1.29, 1.82) is 0 Å². The van der Waals surface area contributed by atoms with Gasteiger partial charge < -0.3 is 15.7 Å². The molecule has 6 nitrogen and oxygen atoms in total. The van der Waals surface area contributed by atoms with Gasteiger partial charge in [-0.15, -0.1) is 0 Å². The summed E-state index contributed by atoms with van der Waals surface area (Å²) in [5, 5.41) is 14.7. The summed E-state index contributed by atoms with van der Waals surface area (Å²) in [6, 6.07) is 2.34. The van der Waals surface area contributed by atoms with Gasteiger partial charge in [0.25, 0.3) is 0 Å². The van der Waals surface area contributed by atoms with E-state index in [4.69, 9.17) is 5.73 Å². The first-order valence-corrected chi connectivity index (χ1v) is 10.3. The summed E-state index contributed by atoms with van der Waals surface area (Å²) < 4.78 is 43.1. The number of hydrogen-bond donors (Lipinski definition) is 2. The summed E-state index contributed by atoms with van der Waals surface area (Å²) in [5.74, 6) is -0.539. The number of fused-ring (bicyclic) bond motifs is 1. The van der Waals surface area contributed by atoms with Crippen LogP contribution >= 0.6 is 0 Å². The second-order valence-electron chi connectivity index (χ2n) is 8.32. The summed E-state index contributed by atoms with van der Waals surface area (Å²) in [5.41, 5.74) is 6.02. The number of alkyl halides is 3. The van der Waals surface area contributed by atoms with E-state index in [1.54, 1.807) is 19.1 Å². The molecule has 9 heteroatoms. The largest absolute Gasteiger partial charge is 0.431 e. The number of nitrogens with zero attached hydrogens (tertiary/aromatic N) is 3. The molecule has 0 saturated heterocycles. The molecule has 31 heavy (non-hydrogen) atoms. The summed E-state index contributed by atoms with van der Waals surface area (Å²) in [6.45, 7) is 1.89. The summed E-state index contributed by atoms with van der Waals surface area (Å²) in [4.78, 5) is 12.9. The Kier molecular flexibility index (Phi) is 5.55. The van der Waals surface area contributed by atoms with E-state index in [-0.39, 0.29) is 18.3 Å². The Bertz CT molecular complexity index is 1050. The van der Waals surface area contributed by atoms with Crippen molar-refractivity contribution in [2.75, 3.05) is 11.5 Å². The maximum absolute atomic E-state index is 13.7. The van der Waals surface area contributed by atoms with Crippen LogP contribution in [0.15, 0.2) is 42.3 Å². The molecular weight excluding hydrogens is 409 g/mol. The zero-order valence-electron chi connectivity index (χ0n) is 17.1. The SMILES string of the molecule is Cc1cc2nn(C3CCC(CO)CC3)cc2cc1N1C(C(F)(F)F)=CC=CC1C(N)=O. The standard InChI is InChI=1S/C22H25F3N4O2/c1-13-9-17-15(11-28(27-17)16-7-5-14(12-30)6-8-16)10-19(13)29-18(21(26)31)3-2-4-20(29)22(23,24)25/h2-4,9-11,14,16,18,30H,5-8,12H2,1H3,(H2,26,31). The summed E-state index contributed by atoms with van der Waals surface area (Å²) >= 11 is 0. The van der Waals surface area contributed by atoms with Gasteiger partial charge in [0.1, 0.15) is 11.7 Å². The number of hydrogen-bond acceptors (Lipinski definition) is 4. The topological polar surface area (TPSA) is 84.4 Å². The van der Waals surface area contributed by atoms with Gasteiger partial charge in [0.05, 0.1) is 11.6 Å². The predicted octanol–water partition coefficient (Wildman–Crippen LogP) is 3.74. The monoisotopic (exact) mass is 434 g/mol. The van der Waals surface area contributed by atoms with E-state index in [0.29, 0.717) is 22.4 Å². The third kappa shape index (κ3) is 4.06. The number of benzene rings is 1. The zero-order valence-corrected chi connectivity index (χ0v) is 17.1. The van der Waals surface area contributed by atoms with E-state index in [9.17, 15) is 23.1 Å². The Morgan fingerprint density at radius 2 is 1.97 bits per heavy atom. The molecule has 1 saturated carbocycles. The van der Waals surface area contributed by atoms with E-state index in [2.05, 4.69) is 5.10 Å². The van der Waals surface area contributed by atoms with Crippen molar-refractivity contribution in [1.82, 2.24) is 9.78 Å². The van der Waals surface area contributed by atoms with Crippen LogP contribution in [-0.4, -0.2) is 39.6 Å². The number of rotatable bonds is 4. The van der Waals surface area contributed by atoms with Crippen LogP contribution < -0.4 is 10.6 Å². The van der Waals surface area contributed by atoms with Crippen LogP contribution in [-0.2, 0) is 4.79 Å². The molecule has 0 bridgehead atoms. The second-order valence-corrected chi connectivity index (χ2v) is 8.32. The van der Waals surface area contributed by atoms with Crippen LogP contribution in [0.1, 0.15) is 37.3 Å². The van der Waals surface area contributed by atoms with Crippen molar-refractivity contribution >= 4 is 22.5 Å². The van der Waals surface area contributed by atoms with E-state index in [1.165, 1.54) is 12.2 Å². The van der Waals surface area contributed by atoms with Crippen LogP contribution in [0.4, 0.5) is 18.9 Å². The number of aliphatic hydroxyl groups excluding tert-OH is 1. The zero-order chi connectivity index (χ0) is 22.3. The van der Waals surface area contributed by atoms with Crippen molar-refractivity contribution in [3.8, 4) is 0 Å². The van der Waals surface area contributed by atoms with Crippen LogP contribution in [0.25, 0.3) is 10.9 Å². The Hall–Kier alpha value is -2.81. The minimum atomic E-state index is -4.64. The minimum Gasteiger partial charge on any atom is -0.396 e. The highest BCUT2D eigenvalue weighted by Gasteiger charge is 2.43. The molecule has 1 amide bonds. The Balaban J connectivity index is 1.73. The maximum atomic E-state index is 13.7. The number of anilines is 1. The highest BCUT2D eigenvalue weighted by atomic mass is 19.4. The third-order valence-corrected chi connectivity index (χ3v) is 6.22. The fraction of sp³-hybridized carbons (Fsp3) is 0.455. The van der Waals surface area contributed by atoms with E-state index in [0.717, 1.165) is 36.7 Å². The first-order chi connectivity index (χ1) is 14.7. The minimum absolute atomic E-state index is 0.191. The normalized spacial score (nSPS) is 24.5. The number of aryl methyl sites for hydroxylation is 1. The van der Waals surface area contributed by atoms with Crippen molar-refractivity contribution in [2.45, 2.75) is 50.9 Å². The van der Waals surface area contributed by atoms with Gasteiger partial charge in [0.2, 0.25) is 5.91 Å². The van der Waals surface area contributed by atoms with Crippen molar-refractivity contribution < 1.29 is 23.1 Å². The predicted molar refractivity (Wildman–Crippen MR) is 111 cm³/mol. The van der Waals surface area contributed by atoms with Crippen LogP contribution in [0.3, 0.4) is 0 Å². The smallest absolute Gasteiger partial charge is 0.396 e. The van der Waals surface area contributed by atoms with E-state index in [1.807, 2.05) is 10.9 Å². The number of allylic oxidation sites excluding steroid dienone is 3. The van der Waals surface area contributed by atoms with Crippen molar-refractivity contribution in [2.24, 2.45) is 11.7 Å². The van der Waals surface area contributed by atoms with Gasteiger partial charge in [0, 0.05) is 23.9 Å². The van der Waals surface area contributed by atoms with Gasteiger partial charge in [-0.3, -0.25) is 9.48 Å². The number of halogens is 3. The lowest BCUT2D eigenvalue weighted by atomic mass is 9.87. The highest BCUT2D eigenvalue weighted by molar-refractivity contribution is 5.91. The molecular formula is C22H25F3N4O2. The maximum Gasteiger partial charge on any atom is 0.431 e. The first kappa shape index (κ1) is 21.4. The lowest BCUT2D eigenvalue weighted by Gasteiger charge is -2.35. The molecule has 0 radical (unpaired) electrons. The third-order valence-electron chi connectivity index (χ3n) is 6.22. The molecule has 1 fully saturated rings. The van der Waals surface area contributed by atoms with Gasteiger partial charge in [-0.1, -0.05) is 12.2 Å².